The Kier molecular flexibility index (Phi) is 5.82. The normalized spacial score (nSPS) is 10.1. The fraction of sp³-hybridized carbons (Fsp3) is 0.444. The molecular weight excluding hydrogens is 264 g/mol. The molecule has 14 heavy (non-hydrogen) atoms. The molecule has 0 unspecified atom stereocenters. The highest BCUT2D eigenvalue weighted by atomic mass is 79.9. The average molecular weight is 277 g/mol. The quantitative estimate of drug-likeness (QED) is 0.614. The van der Waals surface area contributed by atoms with E-state index in [1.54, 1.807) is 11.3 Å². The predicted molar refractivity (Wildman–Crippen MR) is 63.9 cm³/mol. The van der Waals surface area contributed by atoms with E-state index in [1.807, 2.05) is 11.5 Å². The number of thiazole rings is 1. The largest absolute Gasteiger partial charge is 0.379 e. The van der Waals surface area contributed by atoms with Crippen molar-refractivity contribution in [1.82, 2.24) is 4.98 Å². The third-order valence-electron chi connectivity index (χ3n) is 1.47. The van der Waals surface area contributed by atoms with Crippen LogP contribution in [0.25, 0.3) is 0 Å². The number of anilines is 1. The molecule has 0 aromatic carbocycles. The smallest absolute Gasteiger partial charge is 0.183 e. The van der Waals surface area contributed by atoms with Crippen molar-refractivity contribution in [2.45, 2.75) is 6.42 Å². The van der Waals surface area contributed by atoms with Crippen LogP contribution in [-0.2, 0) is 4.74 Å². The number of nitrogens with zero attached hydrogens (tertiary/aromatic N) is 1. The van der Waals surface area contributed by atoms with E-state index in [0.29, 0.717) is 6.61 Å². The van der Waals surface area contributed by atoms with Gasteiger partial charge in [-0.2, -0.15) is 0 Å². The third-order valence-corrected chi connectivity index (χ3v) is 2.97. The van der Waals surface area contributed by atoms with E-state index in [2.05, 4.69) is 32.8 Å². The van der Waals surface area contributed by atoms with Gasteiger partial charge in [0.05, 0.1) is 13.2 Å². The zero-order valence-corrected chi connectivity index (χ0v) is 10.2. The van der Waals surface area contributed by atoms with Gasteiger partial charge in [0.15, 0.2) is 5.13 Å². The van der Waals surface area contributed by atoms with E-state index in [1.165, 1.54) is 0 Å². The molecule has 0 saturated heterocycles. The summed E-state index contributed by atoms with van der Waals surface area (Å²) in [6, 6.07) is 0. The lowest BCUT2D eigenvalue weighted by Gasteiger charge is -2.02. The van der Waals surface area contributed by atoms with Crippen LogP contribution in [0.2, 0.25) is 0 Å². The first-order valence-electron chi connectivity index (χ1n) is 4.36. The summed E-state index contributed by atoms with van der Waals surface area (Å²) in [5, 5.41) is 6.03. The van der Waals surface area contributed by atoms with Crippen LogP contribution >= 0.6 is 27.3 Å². The molecule has 1 N–H and O–H groups in total. The minimum atomic E-state index is 0.699. The summed E-state index contributed by atoms with van der Waals surface area (Å²) >= 11 is 4.87. The lowest BCUT2D eigenvalue weighted by atomic mass is 10.5. The molecule has 78 valence electrons. The molecule has 0 bridgehead atoms. The van der Waals surface area contributed by atoms with Crippen molar-refractivity contribution >= 4 is 32.4 Å². The standard InChI is InChI=1S/C9H13BrN2OS/c1-2-3-5-13-6-4-11-9-12-8(10)7-14-9/h2,7H,1,3-6H2,(H,11,12). The van der Waals surface area contributed by atoms with Crippen LogP contribution in [0.1, 0.15) is 6.42 Å². The van der Waals surface area contributed by atoms with Gasteiger partial charge in [-0.15, -0.1) is 17.9 Å². The molecule has 0 saturated carbocycles. The SMILES string of the molecule is C=CCCOCCNc1nc(Br)cs1. The number of ether oxygens (including phenoxy) is 1. The molecule has 3 nitrogen and oxygen atoms in total. The van der Waals surface area contributed by atoms with Gasteiger partial charge in [0.2, 0.25) is 0 Å². The Balaban J connectivity index is 2.01. The average Bonchev–Trinajstić information content (AvgIpc) is 2.58. The number of hydrogen-bond acceptors (Lipinski definition) is 4. The van der Waals surface area contributed by atoms with Gasteiger partial charge in [0.25, 0.3) is 0 Å². The molecule has 0 aliphatic heterocycles. The zero-order valence-electron chi connectivity index (χ0n) is 7.83. The highest BCUT2D eigenvalue weighted by Crippen LogP contribution is 2.18. The topological polar surface area (TPSA) is 34.1 Å². The number of rotatable bonds is 7. The van der Waals surface area contributed by atoms with Crippen LogP contribution in [0.3, 0.4) is 0 Å². The molecule has 0 aliphatic carbocycles. The highest BCUT2D eigenvalue weighted by molar-refractivity contribution is 9.10. The molecule has 1 heterocycles. The van der Waals surface area contributed by atoms with Crippen LogP contribution < -0.4 is 5.32 Å². The zero-order chi connectivity index (χ0) is 10.2. The van der Waals surface area contributed by atoms with Gasteiger partial charge in [-0.1, -0.05) is 6.08 Å². The summed E-state index contributed by atoms with van der Waals surface area (Å²) in [6.45, 7) is 5.85. The van der Waals surface area contributed by atoms with Crippen molar-refractivity contribution < 1.29 is 4.74 Å². The molecule has 0 radical (unpaired) electrons. The first-order chi connectivity index (χ1) is 6.83. The van der Waals surface area contributed by atoms with Crippen LogP contribution in [0.5, 0.6) is 0 Å². The Hall–Kier alpha value is -0.390. The van der Waals surface area contributed by atoms with Crippen molar-refractivity contribution in [1.29, 1.82) is 0 Å². The van der Waals surface area contributed by atoms with Gasteiger partial charge >= 0.3 is 0 Å². The Morgan fingerprint density at radius 3 is 3.14 bits per heavy atom. The van der Waals surface area contributed by atoms with Gasteiger partial charge in [0, 0.05) is 11.9 Å². The van der Waals surface area contributed by atoms with Crippen molar-refractivity contribution in [3.05, 3.63) is 22.6 Å². The molecule has 5 heteroatoms. The first kappa shape index (κ1) is 11.7. The summed E-state index contributed by atoms with van der Waals surface area (Å²) in [7, 11) is 0. The van der Waals surface area contributed by atoms with Crippen molar-refractivity contribution in [3.63, 3.8) is 0 Å². The molecule has 0 fully saturated rings. The Morgan fingerprint density at radius 1 is 1.64 bits per heavy atom. The van der Waals surface area contributed by atoms with E-state index in [9.17, 15) is 0 Å². The first-order valence-corrected chi connectivity index (χ1v) is 6.03. The Bertz CT molecular complexity index is 278. The van der Waals surface area contributed by atoms with E-state index >= 15 is 0 Å². The van der Waals surface area contributed by atoms with Crippen LogP contribution in [0.4, 0.5) is 5.13 Å². The minimum Gasteiger partial charge on any atom is -0.379 e. The highest BCUT2D eigenvalue weighted by Gasteiger charge is 1.96. The van der Waals surface area contributed by atoms with Gasteiger partial charge in [0.1, 0.15) is 4.60 Å². The van der Waals surface area contributed by atoms with Gasteiger partial charge in [-0.05, 0) is 22.4 Å². The molecule has 1 aromatic rings. The van der Waals surface area contributed by atoms with Crippen molar-refractivity contribution in [3.8, 4) is 0 Å². The van der Waals surface area contributed by atoms with Crippen LogP contribution in [0.15, 0.2) is 22.6 Å². The van der Waals surface area contributed by atoms with E-state index in [-0.39, 0.29) is 0 Å². The molecule has 0 spiro atoms. The summed E-state index contributed by atoms with van der Waals surface area (Å²) in [4.78, 5) is 4.20. The lowest BCUT2D eigenvalue weighted by Crippen LogP contribution is -2.09. The molecule has 0 amide bonds. The molecule has 0 aliphatic rings. The molecule has 0 atom stereocenters. The number of aromatic nitrogens is 1. The number of nitrogens with one attached hydrogen (secondary N) is 1. The summed E-state index contributed by atoms with van der Waals surface area (Å²) in [5.74, 6) is 0. The summed E-state index contributed by atoms with van der Waals surface area (Å²) < 4.78 is 6.21. The van der Waals surface area contributed by atoms with Crippen LogP contribution in [-0.4, -0.2) is 24.7 Å². The van der Waals surface area contributed by atoms with E-state index in [0.717, 1.165) is 29.3 Å². The fourth-order valence-corrected chi connectivity index (χ4v) is 2.01. The monoisotopic (exact) mass is 276 g/mol. The van der Waals surface area contributed by atoms with Crippen molar-refractivity contribution in [2.24, 2.45) is 0 Å². The van der Waals surface area contributed by atoms with Crippen LogP contribution in [0, 0.1) is 0 Å². The number of halogens is 1. The van der Waals surface area contributed by atoms with E-state index in [4.69, 9.17) is 4.74 Å². The summed E-state index contributed by atoms with van der Waals surface area (Å²) in [6.07, 6.45) is 2.76. The molecule has 1 aromatic heterocycles. The second kappa shape index (κ2) is 6.98. The third kappa shape index (κ3) is 4.74. The maximum Gasteiger partial charge on any atom is 0.183 e. The second-order valence-electron chi connectivity index (χ2n) is 2.59. The van der Waals surface area contributed by atoms with E-state index < -0.39 is 0 Å². The molecular formula is C9H13BrN2OS. The van der Waals surface area contributed by atoms with Gasteiger partial charge < -0.3 is 10.1 Å². The fourth-order valence-electron chi connectivity index (χ4n) is 0.834. The Labute approximate surface area is 96.3 Å². The maximum absolute atomic E-state index is 5.33. The maximum atomic E-state index is 5.33. The van der Waals surface area contributed by atoms with Gasteiger partial charge in [-0.25, -0.2) is 4.98 Å². The van der Waals surface area contributed by atoms with Crippen molar-refractivity contribution in [2.75, 3.05) is 25.1 Å². The number of hydrogen-bond donors (Lipinski definition) is 1. The van der Waals surface area contributed by atoms with Gasteiger partial charge in [-0.3, -0.25) is 0 Å². The molecule has 1 rings (SSSR count). The lowest BCUT2D eigenvalue weighted by molar-refractivity contribution is 0.149. The Morgan fingerprint density at radius 2 is 2.50 bits per heavy atom. The minimum absolute atomic E-state index is 0.699. The predicted octanol–water partition coefficient (Wildman–Crippen LogP) is 2.91. The second-order valence-corrected chi connectivity index (χ2v) is 4.26. The summed E-state index contributed by atoms with van der Waals surface area (Å²) in [5.41, 5.74) is 0.